The molecule has 0 aliphatic rings. The van der Waals surface area contributed by atoms with Gasteiger partial charge in [-0.1, -0.05) is 0 Å². The van der Waals surface area contributed by atoms with E-state index < -0.39 is 12.7 Å². The predicted molar refractivity (Wildman–Crippen MR) is 71.7 cm³/mol. The fraction of sp³-hybridized carbons (Fsp3) is 0.400. The molecule has 0 bridgehead atoms. The Hall–Kier alpha value is -1.35. The number of aryl methyl sites for hydroxylation is 1. The van der Waals surface area contributed by atoms with Crippen molar-refractivity contribution in [2.45, 2.75) is 13.1 Å². The molecule has 2 N–H and O–H groups in total. The summed E-state index contributed by atoms with van der Waals surface area (Å²) >= 11 is 2.36. The zero-order valence-electron chi connectivity index (χ0n) is 10.2. The van der Waals surface area contributed by atoms with Gasteiger partial charge in [0.15, 0.2) is 0 Å². The van der Waals surface area contributed by atoms with Crippen LogP contribution in [0, 0.1) is 6.92 Å². The second-order valence-electron chi connectivity index (χ2n) is 3.97. The van der Waals surface area contributed by atoms with Crippen LogP contribution in [-0.4, -0.2) is 29.1 Å². The van der Waals surface area contributed by atoms with E-state index in [-0.39, 0.29) is 5.82 Å². The van der Waals surface area contributed by atoms with Gasteiger partial charge >= 0.3 is 6.18 Å². The number of halogens is 3. The van der Waals surface area contributed by atoms with Crippen molar-refractivity contribution in [3.05, 3.63) is 10.4 Å². The van der Waals surface area contributed by atoms with Gasteiger partial charge in [-0.25, -0.2) is 4.98 Å². The average molecular weight is 308 g/mol. The van der Waals surface area contributed by atoms with Gasteiger partial charge in [0.1, 0.15) is 17.4 Å². The largest absolute Gasteiger partial charge is 0.405 e. The van der Waals surface area contributed by atoms with Crippen LogP contribution in [0.2, 0.25) is 0 Å². The van der Waals surface area contributed by atoms with Crippen molar-refractivity contribution in [2.75, 3.05) is 24.2 Å². The molecule has 0 amide bonds. The average Bonchev–Trinajstić information content (AvgIpc) is 2.81. The van der Waals surface area contributed by atoms with Crippen LogP contribution >= 0.6 is 22.9 Å². The maximum Gasteiger partial charge on any atom is 0.405 e. The van der Waals surface area contributed by atoms with E-state index in [4.69, 9.17) is 5.73 Å². The Balaban J connectivity index is 2.38. The fourth-order valence-electron chi connectivity index (χ4n) is 1.61. The van der Waals surface area contributed by atoms with Crippen LogP contribution in [0.4, 0.5) is 24.0 Å². The van der Waals surface area contributed by atoms with Crippen molar-refractivity contribution in [3.63, 3.8) is 0 Å². The summed E-state index contributed by atoms with van der Waals surface area (Å²) in [5, 5.41) is 2.96. The first-order valence-corrected chi connectivity index (χ1v) is 6.89. The summed E-state index contributed by atoms with van der Waals surface area (Å²) < 4.78 is 41.2. The van der Waals surface area contributed by atoms with E-state index in [1.807, 2.05) is 6.92 Å². The molecule has 0 unspecified atom stereocenters. The van der Waals surface area contributed by atoms with Crippen LogP contribution in [0.25, 0.3) is 11.3 Å². The highest BCUT2D eigenvalue weighted by Crippen LogP contribution is 2.39. The van der Waals surface area contributed by atoms with Crippen molar-refractivity contribution in [1.29, 1.82) is 0 Å². The minimum absolute atomic E-state index is 0.208. The summed E-state index contributed by atoms with van der Waals surface area (Å²) in [5.74, 6) is 0.208. The molecular weight excluding hydrogens is 297 g/mol. The highest BCUT2D eigenvalue weighted by atomic mass is 32.1. The first-order valence-electron chi connectivity index (χ1n) is 5.23. The maximum atomic E-state index is 12.4. The summed E-state index contributed by atoms with van der Waals surface area (Å²) in [6.45, 7) is 0.772. The monoisotopic (exact) mass is 308 g/mol. The number of alkyl halides is 3. The lowest BCUT2D eigenvalue weighted by molar-refractivity contribution is -0.119. The van der Waals surface area contributed by atoms with Gasteiger partial charge in [0.2, 0.25) is 0 Å². The minimum Gasteiger partial charge on any atom is -0.382 e. The highest BCUT2D eigenvalue weighted by molar-refractivity contribution is 7.11. The Morgan fingerprint density at radius 3 is 2.63 bits per heavy atom. The third-order valence-electron chi connectivity index (χ3n) is 2.34. The Morgan fingerprint density at radius 1 is 1.42 bits per heavy atom. The minimum atomic E-state index is -4.28. The molecule has 19 heavy (non-hydrogen) atoms. The molecule has 0 aliphatic heterocycles. The molecule has 9 heteroatoms. The summed E-state index contributed by atoms with van der Waals surface area (Å²) in [7, 11) is 1.36. The number of nitrogens with zero attached hydrogens (tertiary/aromatic N) is 3. The summed E-state index contributed by atoms with van der Waals surface area (Å²) in [6, 6.07) is 0. The van der Waals surface area contributed by atoms with Gasteiger partial charge in [-0.15, -0.1) is 11.3 Å². The number of nitrogens with two attached hydrogens (primary N) is 1. The van der Waals surface area contributed by atoms with E-state index >= 15 is 0 Å². The number of aromatic nitrogens is 2. The van der Waals surface area contributed by atoms with Crippen molar-refractivity contribution >= 4 is 33.7 Å². The lowest BCUT2D eigenvalue weighted by atomic mass is 10.2. The van der Waals surface area contributed by atoms with Crippen LogP contribution in [-0.2, 0) is 0 Å². The molecule has 104 valence electrons. The molecule has 0 aliphatic carbocycles. The number of nitrogen functional groups attached to an aromatic ring is 1. The van der Waals surface area contributed by atoms with Gasteiger partial charge in [-0.05, 0) is 18.5 Å². The first-order chi connectivity index (χ1) is 8.78. The number of hydrogen-bond acceptors (Lipinski definition) is 6. The van der Waals surface area contributed by atoms with Crippen molar-refractivity contribution < 1.29 is 13.2 Å². The Morgan fingerprint density at radius 2 is 2.11 bits per heavy atom. The molecule has 4 nitrogen and oxygen atoms in total. The molecule has 0 atom stereocenters. The number of rotatable bonds is 3. The second-order valence-corrected chi connectivity index (χ2v) is 5.79. The highest BCUT2D eigenvalue weighted by Gasteiger charge is 2.31. The summed E-state index contributed by atoms with van der Waals surface area (Å²) in [6.07, 6.45) is -4.28. The predicted octanol–water partition coefficient (Wildman–Crippen LogP) is 3.16. The third-order valence-corrected chi connectivity index (χ3v) is 4.09. The topological polar surface area (TPSA) is 55.0 Å². The normalized spacial score (nSPS) is 11.8. The molecule has 0 spiro atoms. The van der Waals surface area contributed by atoms with E-state index in [9.17, 15) is 13.2 Å². The molecule has 0 aromatic carbocycles. The molecule has 0 radical (unpaired) electrons. The van der Waals surface area contributed by atoms with Crippen molar-refractivity contribution in [3.8, 4) is 11.3 Å². The molecule has 0 saturated heterocycles. The molecule has 2 aromatic heterocycles. The molecule has 2 aromatic rings. The van der Waals surface area contributed by atoms with Gasteiger partial charge in [0.25, 0.3) is 0 Å². The summed E-state index contributed by atoms with van der Waals surface area (Å²) in [5.41, 5.74) is 6.78. The molecular formula is C10H11F3N4S2. The fourth-order valence-corrected chi connectivity index (χ4v) is 3.00. The number of thiazole rings is 1. The Labute approximate surface area is 115 Å². The first kappa shape index (κ1) is 14.1. The van der Waals surface area contributed by atoms with Gasteiger partial charge in [-0.2, -0.15) is 17.5 Å². The van der Waals surface area contributed by atoms with Gasteiger partial charge in [0, 0.05) is 12.4 Å². The second kappa shape index (κ2) is 4.97. The molecule has 2 rings (SSSR count). The lowest BCUT2D eigenvalue weighted by Gasteiger charge is -2.19. The van der Waals surface area contributed by atoms with E-state index in [2.05, 4.69) is 9.36 Å². The van der Waals surface area contributed by atoms with Gasteiger partial charge in [0.05, 0.1) is 16.3 Å². The Bertz CT molecular complexity index is 576. The van der Waals surface area contributed by atoms with Crippen LogP contribution < -0.4 is 10.6 Å². The molecule has 2 heterocycles. The van der Waals surface area contributed by atoms with E-state index in [1.54, 1.807) is 5.38 Å². The van der Waals surface area contributed by atoms with Crippen LogP contribution in [0.3, 0.4) is 0 Å². The number of anilines is 2. The summed E-state index contributed by atoms with van der Waals surface area (Å²) in [4.78, 5) is 5.35. The van der Waals surface area contributed by atoms with E-state index in [0.29, 0.717) is 16.3 Å². The van der Waals surface area contributed by atoms with Gasteiger partial charge in [-0.3, -0.25) is 0 Å². The zero-order valence-corrected chi connectivity index (χ0v) is 11.8. The standard InChI is InChI=1S/C10H11F3N4S2/c1-5-15-6(3-18-5)7-8(14)16-19-9(7)17(2)4-10(11,12)13/h3H,4H2,1-2H3,(H2,14,16). The lowest BCUT2D eigenvalue weighted by Crippen LogP contribution is -2.30. The number of hydrogen-bond donors (Lipinski definition) is 1. The molecule has 0 fully saturated rings. The van der Waals surface area contributed by atoms with Crippen molar-refractivity contribution in [2.24, 2.45) is 0 Å². The quantitative estimate of drug-likeness (QED) is 0.946. The van der Waals surface area contributed by atoms with Gasteiger partial charge < -0.3 is 10.6 Å². The maximum absolute atomic E-state index is 12.4. The zero-order chi connectivity index (χ0) is 14.2. The van der Waals surface area contributed by atoms with E-state index in [0.717, 1.165) is 21.4 Å². The van der Waals surface area contributed by atoms with E-state index in [1.165, 1.54) is 18.4 Å². The third kappa shape index (κ3) is 3.16. The molecule has 0 saturated carbocycles. The smallest absolute Gasteiger partial charge is 0.382 e. The SMILES string of the molecule is Cc1nc(-c2c(N)nsc2N(C)CC(F)(F)F)cs1. The van der Waals surface area contributed by atoms with Crippen LogP contribution in [0.1, 0.15) is 5.01 Å². The van der Waals surface area contributed by atoms with Crippen LogP contribution in [0.5, 0.6) is 0 Å². The van der Waals surface area contributed by atoms with Crippen molar-refractivity contribution in [1.82, 2.24) is 9.36 Å². The van der Waals surface area contributed by atoms with Crippen LogP contribution in [0.15, 0.2) is 5.38 Å². The Kier molecular flexibility index (Phi) is 3.68.